The molecule has 3 atom stereocenters. The van der Waals surface area contributed by atoms with Crippen molar-refractivity contribution >= 4 is 5.97 Å². The number of hydrogen-bond donors (Lipinski definition) is 1. The fraction of sp³-hybridized carbons (Fsp3) is 0.923. The van der Waals surface area contributed by atoms with E-state index in [9.17, 15) is 4.79 Å². The quantitative estimate of drug-likeness (QED) is 0.740. The average molecular weight is 242 g/mol. The Balaban J connectivity index is 2.65. The number of rotatable bonds is 5. The lowest BCUT2D eigenvalue weighted by Gasteiger charge is -2.42. The minimum atomic E-state index is -0.129. The maximum absolute atomic E-state index is 11.8. The van der Waals surface area contributed by atoms with Crippen LogP contribution in [0.3, 0.4) is 0 Å². The molecule has 0 aliphatic carbocycles. The maximum atomic E-state index is 11.8. The molecular formula is C13H26N2O2. The van der Waals surface area contributed by atoms with E-state index in [1.165, 1.54) is 0 Å². The molecule has 4 nitrogen and oxygen atoms in total. The second kappa shape index (κ2) is 6.97. The molecule has 1 N–H and O–H groups in total. The van der Waals surface area contributed by atoms with Gasteiger partial charge < -0.3 is 10.1 Å². The standard InChI is InChI=1S/C13H26N2O2/c1-5-11-9-15(12(6-2)8-14-11)10(4)13(16)17-7-3/h10-12,14H,5-9H2,1-4H3. The van der Waals surface area contributed by atoms with Crippen molar-refractivity contribution < 1.29 is 9.53 Å². The Kier molecular flexibility index (Phi) is 5.92. The molecule has 1 aliphatic heterocycles. The van der Waals surface area contributed by atoms with Gasteiger partial charge >= 0.3 is 5.97 Å². The second-order valence-corrected chi connectivity index (χ2v) is 4.70. The Labute approximate surface area is 105 Å². The summed E-state index contributed by atoms with van der Waals surface area (Å²) < 4.78 is 5.12. The molecule has 1 heterocycles. The van der Waals surface area contributed by atoms with E-state index in [1.54, 1.807) is 0 Å². The van der Waals surface area contributed by atoms with Gasteiger partial charge in [-0.05, 0) is 26.7 Å². The first-order valence-electron chi connectivity index (χ1n) is 6.79. The van der Waals surface area contributed by atoms with Gasteiger partial charge in [0, 0.05) is 25.2 Å². The number of carbonyl (C=O) groups is 1. The molecule has 3 unspecified atom stereocenters. The highest BCUT2D eigenvalue weighted by molar-refractivity contribution is 5.75. The van der Waals surface area contributed by atoms with Crippen LogP contribution < -0.4 is 5.32 Å². The first kappa shape index (κ1) is 14.5. The lowest BCUT2D eigenvalue weighted by molar-refractivity contribution is -0.150. The zero-order valence-electron chi connectivity index (χ0n) is 11.5. The topological polar surface area (TPSA) is 41.6 Å². The van der Waals surface area contributed by atoms with E-state index in [0.717, 1.165) is 25.9 Å². The predicted molar refractivity (Wildman–Crippen MR) is 69.0 cm³/mol. The van der Waals surface area contributed by atoms with Crippen LogP contribution in [0.5, 0.6) is 0 Å². The summed E-state index contributed by atoms with van der Waals surface area (Å²) in [4.78, 5) is 14.1. The van der Waals surface area contributed by atoms with Crippen molar-refractivity contribution in [3.8, 4) is 0 Å². The molecule has 4 heteroatoms. The maximum Gasteiger partial charge on any atom is 0.323 e. The Morgan fingerprint density at radius 1 is 1.41 bits per heavy atom. The minimum absolute atomic E-state index is 0.0947. The van der Waals surface area contributed by atoms with Crippen LogP contribution >= 0.6 is 0 Å². The zero-order chi connectivity index (χ0) is 12.8. The van der Waals surface area contributed by atoms with Gasteiger partial charge in [0.1, 0.15) is 6.04 Å². The van der Waals surface area contributed by atoms with Crippen molar-refractivity contribution in [2.45, 2.75) is 58.7 Å². The van der Waals surface area contributed by atoms with E-state index in [1.807, 2.05) is 13.8 Å². The number of hydrogen-bond acceptors (Lipinski definition) is 4. The molecule has 0 spiro atoms. The zero-order valence-corrected chi connectivity index (χ0v) is 11.5. The molecule has 1 aliphatic rings. The Bertz CT molecular complexity index is 246. The third-order valence-electron chi connectivity index (χ3n) is 3.63. The van der Waals surface area contributed by atoms with Crippen molar-refractivity contribution in [3.05, 3.63) is 0 Å². The molecule has 0 radical (unpaired) electrons. The molecule has 0 aromatic rings. The van der Waals surface area contributed by atoms with Crippen molar-refractivity contribution in [1.29, 1.82) is 0 Å². The minimum Gasteiger partial charge on any atom is -0.465 e. The largest absolute Gasteiger partial charge is 0.465 e. The number of piperazine rings is 1. The average Bonchev–Trinajstić information content (AvgIpc) is 2.37. The summed E-state index contributed by atoms with van der Waals surface area (Å²) in [5.74, 6) is -0.0947. The van der Waals surface area contributed by atoms with E-state index in [0.29, 0.717) is 18.7 Å². The third-order valence-corrected chi connectivity index (χ3v) is 3.63. The van der Waals surface area contributed by atoms with Crippen LogP contribution in [-0.4, -0.2) is 48.7 Å². The van der Waals surface area contributed by atoms with Gasteiger partial charge in [-0.3, -0.25) is 9.69 Å². The van der Waals surface area contributed by atoms with Crippen LogP contribution in [0.1, 0.15) is 40.5 Å². The molecule has 1 rings (SSSR count). The van der Waals surface area contributed by atoms with Crippen LogP contribution in [0, 0.1) is 0 Å². The Morgan fingerprint density at radius 3 is 2.65 bits per heavy atom. The van der Waals surface area contributed by atoms with Gasteiger partial charge in [-0.15, -0.1) is 0 Å². The Morgan fingerprint density at radius 2 is 2.12 bits per heavy atom. The van der Waals surface area contributed by atoms with Gasteiger partial charge in [-0.1, -0.05) is 13.8 Å². The number of esters is 1. The monoisotopic (exact) mass is 242 g/mol. The molecule has 1 saturated heterocycles. The first-order valence-corrected chi connectivity index (χ1v) is 6.79. The van der Waals surface area contributed by atoms with Gasteiger partial charge in [-0.2, -0.15) is 0 Å². The predicted octanol–water partition coefficient (Wildman–Crippen LogP) is 1.40. The molecular weight excluding hydrogens is 216 g/mol. The van der Waals surface area contributed by atoms with Crippen LogP contribution in [0.25, 0.3) is 0 Å². The number of ether oxygens (including phenoxy) is 1. The van der Waals surface area contributed by atoms with Crippen molar-refractivity contribution in [1.82, 2.24) is 10.2 Å². The van der Waals surface area contributed by atoms with Gasteiger partial charge in [0.05, 0.1) is 6.61 Å². The second-order valence-electron chi connectivity index (χ2n) is 4.70. The normalized spacial score (nSPS) is 27.8. The first-order chi connectivity index (χ1) is 8.13. The Hall–Kier alpha value is -0.610. The summed E-state index contributed by atoms with van der Waals surface area (Å²) in [5.41, 5.74) is 0. The van der Waals surface area contributed by atoms with Gasteiger partial charge in [0.15, 0.2) is 0 Å². The van der Waals surface area contributed by atoms with Crippen molar-refractivity contribution in [2.24, 2.45) is 0 Å². The smallest absolute Gasteiger partial charge is 0.323 e. The summed E-state index contributed by atoms with van der Waals surface area (Å²) in [7, 11) is 0. The summed E-state index contributed by atoms with van der Waals surface area (Å²) in [6, 6.07) is 0.808. The lowest BCUT2D eigenvalue weighted by atomic mass is 10.0. The molecule has 0 saturated carbocycles. The summed E-state index contributed by atoms with van der Waals surface area (Å²) in [5, 5.41) is 3.53. The van der Waals surface area contributed by atoms with E-state index in [4.69, 9.17) is 4.74 Å². The lowest BCUT2D eigenvalue weighted by Crippen LogP contribution is -2.60. The van der Waals surface area contributed by atoms with E-state index in [-0.39, 0.29) is 12.0 Å². The number of carbonyl (C=O) groups excluding carboxylic acids is 1. The SMILES string of the molecule is CCOC(=O)C(C)N1CC(CC)NCC1CC. The third kappa shape index (κ3) is 3.68. The highest BCUT2D eigenvalue weighted by Crippen LogP contribution is 2.16. The van der Waals surface area contributed by atoms with E-state index >= 15 is 0 Å². The van der Waals surface area contributed by atoms with Gasteiger partial charge in [0.2, 0.25) is 0 Å². The molecule has 1 fully saturated rings. The summed E-state index contributed by atoms with van der Waals surface area (Å²) in [6.07, 6.45) is 2.16. The van der Waals surface area contributed by atoms with Gasteiger partial charge in [0.25, 0.3) is 0 Å². The number of nitrogens with one attached hydrogen (secondary N) is 1. The molecule has 0 amide bonds. The van der Waals surface area contributed by atoms with Crippen molar-refractivity contribution in [2.75, 3.05) is 19.7 Å². The molecule has 0 bridgehead atoms. The van der Waals surface area contributed by atoms with Crippen LogP contribution in [-0.2, 0) is 9.53 Å². The van der Waals surface area contributed by atoms with E-state index in [2.05, 4.69) is 24.1 Å². The summed E-state index contributed by atoms with van der Waals surface area (Å²) in [6.45, 7) is 10.5. The van der Waals surface area contributed by atoms with Crippen LogP contribution in [0.15, 0.2) is 0 Å². The fourth-order valence-electron chi connectivity index (χ4n) is 2.41. The molecule has 0 aromatic carbocycles. The number of nitrogens with zero attached hydrogens (tertiary/aromatic N) is 1. The fourth-order valence-corrected chi connectivity index (χ4v) is 2.41. The van der Waals surface area contributed by atoms with Crippen molar-refractivity contribution in [3.63, 3.8) is 0 Å². The van der Waals surface area contributed by atoms with Gasteiger partial charge in [-0.25, -0.2) is 0 Å². The molecule has 17 heavy (non-hydrogen) atoms. The van der Waals surface area contributed by atoms with Crippen LogP contribution in [0.2, 0.25) is 0 Å². The van der Waals surface area contributed by atoms with Crippen LogP contribution in [0.4, 0.5) is 0 Å². The van der Waals surface area contributed by atoms with E-state index < -0.39 is 0 Å². The molecule has 0 aromatic heterocycles. The highest BCUT2D eigenvalue weighted by Gasteiger charge is 2.32. The molecule has 100 valence electrons. The highest BCUT2D eigenvalue weighted by atomic mass is 16.5. The summed E-state index contributed by atoms with van der Waals surface area (Å²) >= 11 is 0.